The second-order valence-corrected chi connectivity index (χ2v) is 3.36. The molecule has 0 bridgehead atoms. The summed E-state index contributed by atoms with van der Waals surface area (Å²) in [4.78, 5) is 0. The Kier molecular flexibility index (Phi) is 2.66. The van der Waals surface area contributed by atoms with Crippen molar-refractivity contribution in [2.24, 2.45) is 0 Å². The maximum atomic E-state index is 12.4. The molecule has 0 aromatic heterocycles. The van der Waals surface area contributed by atoms with E-state index in [1.165, 1.54) is 0 Å². The molecule has 0 aliphatic heterocycles. The fourth-order valence-electron chi connectivity index (χ4n) is 1.46. The summed E-state index contributed by atoms with van der Waals surface area (Å²) in [6, 6.07) is 0. The van der Waals surface area contributed by atoms with Crippen molar-refractivity contribution in [1.82, 2.24) is 5.32 Å². The van der Waals surface area contributed by atoms with E-state index in [1.807, 2.05) is 6.92 Å². The molecule has 1 rings (SSSR count). The zero-order valence-electron chi connectivity index (χ0n) is 7.17. The van der Waals surface area contributed by atoms with Gasteiger partial charge in [-0.15, -0.1) is 0 Å². The fourth-order valence-corrected chi connectivity index (χ4v) is 1.46. The minimum Gasteiger partial charge on any atom is -0.304 e. The first kappa shape index (κ1) is 9.84. The Labute approximate surface area is 70.3 Å². The van der Waals surface area contributed by atoms with Crippen LogP contribution in [0.1, 0.15) is 32.6 Å². The molecule has 0 aromatic carbocycles. The van der Waals surface area contributed by atoms with E-state index in [4.69, 9.17) is 0 Å². The Morgan fingerprint density at radius 2 is 1.92 bits per heavy atom. The minimum absolute atomic E-state index is 0.247. The molecule has 1 fully saturated rings. The third-order valence-electron chi connectivity index (χ3n) is 2.46. The van der Waals surface area contributed by atoms with Crippen molar-refractivity contribution < 1.29 is 13.2 Å². The van der Waals surface area contributed by atoms with E-state index >= 15 is 0 Å². The van der Waals surface area contributed by atoms with Crippen LogP contribution in [0, 0.1) is 0 Å². The molecule has 0 amide bonds. The molecule has 1 nitrogen and oxygen atoms in total. The molecule has 4 heteroatoms. The number of alkyl halides is 3. The molecule has 0 radical (unpaired) electrons. The standard InChI is InChI=1S/C8H14F3N/c1-2-6-12-7(4-3-5-7)8(9,10)11/h12H,2-6H2,1H3. The first-order chi connectivity index (χ1) is 5.52. The maximum Gasteiger partial charge on any atom is 0.406 e. The summed E-state index contributed by atoms with van der Waals surface area (Å²) >= 11 is 0. The Hall–Kier alpha value is -0.250. The summed E-state index contributed by atoms with van der Waals surface area (Å²) in [6.07, 6.45) is -2.14. The number of hydrogen-bond acceptors (Lipinski definition) is 1. The summed E-state index contributed by atoms with van der Waals surface area (Å²) in [6.45, 7) is 2.33. The minimum atomic E-state index is -4.07. The van der Waals surface area contributed by atoms with Crippen molar-refractivity contribution >= 4 is 0 Å². The average molecular weight is 181 g/mol. The zero-order chi connectivity index (χ0) is 9.24. The van der Waals surface area contributed by atoms with Crippen molar-refractivity contribution in [3.63, 3.8) is 0 Å². The number of hydrogen-bond donors (Lipinski definition) is 1. The van der Waals surface area contributed by atoms with Crippen LogP contribution < -0.4 is 5.32 Å². The maximum absolute atomic E-state index is 12.4. The predicted octanol–water partition coefficient (Wildman–Crippen LogP) is 2.47. The van der Waals surface area contributed by atoms with Gasteiger partial charge in [0.2, 0.25) is 0 Å². The molecule has 0 spiro atoms. The normalized spacial score (nSPS) is 22.0. The SMILES string of the molecule is CCCNC1(C(F)(F)F)CCC1. The second-order valence-electron chi connectivity index (χ2n) is 3.36. The highest BCUT2D eigenvalue weighted by Crippen LogP contribution is 2.44. The van der Waals surface area contributed by atoms with Crippen LogP contribution in [-0.2, 0) is 0 Å². The van der Waals surface area contributed by atoms with Crippen molar-refractivity contribution in [2.75, 3.05) is 6.54 Å². The third-order valence-corrected chi connectivity index (χ3v) is 2.46. The van der Waals surface area contributed by atoms with Gasteiger partial charge in [0.05, 0.1) is 0 Å². The highest BCUT2D eigenvalue weighted by atomic mass is 19.4. The summed E-state index contributed by atoms with van der Waals surface area (Å²) < 4.78 is 37.3. The van der Waals surface area contributed by atoms with Gasteiger partial charge in [-0.05, 0) is 32.2 Å². The van der Waals surface area contributed by atoms with Crippen molar-refractivity contribution in [3.05, 3.63) is 0 Å². The van der Waals surface area contributed by atoms with Crippen molar-refractivity contribution in [1.29, 1.82) is 0 Å². The molecule has 0 atom stereocenters. The molecular weight excluding hydrogens is 167 g/mol. The summed E-state index contributed by atoms with van der Waals surface area (Å²) in [5.41, 5.74) is -1.54. The summed E-state index contributed by atoms with van der Waals surface area (Å²) in [5.74, 6) is 0. The number of nitrogens with one attached hydrogen (secondary N) is 1. The van der Waals surface area contributed by atoms with Gasteiger partial charge >= 0.3 is 6.18 Å². The topological polar surface area (TPSA) is 12.0 Å². The second kappa shape index (κ2) is 3.24. The van der Waals surface area contributed by atoms with Gasteiger partial charge in [0.25, 0.3) is 0 Å². The largest absolute Gasteiger partial charge is 0.406 e. The van der Waals surface area contributed by atoms with Crippen LogP contribution in [-0.4, -0.2) is 18.3 Å². The van der Waals surface area contributed by atoms with Crippen LogP contribution in [0.3, 0.4) is 0 Å². The number of halogens is 3. The molecule has 12 heavy (non-hydrogen) atoms. The lowest BCUT2D eigenvalue weighted by molar-refractivity contribution is -0.218. The molecule has 0 unspecified atom stereocenters. The van der Waals surface area contributed by atoms with Crippen molar-refractivity contribution in [3.8, 4) is 0 Å². The van der Waals surface area contributed by atoms with Crippen LogP contribution >= 0.6 is 0 Å². The van der Waals surface area contributed by atoms with Crippen molar-refractivity contribution in [2.45, 2.75) is 44.3 Å². The van der Waals surface area contributed by atoms with E-state index in [9.17, 15) is 13.2 Å². The van der Waals surface area contributed by atoms with Crippen LogP contribution in [0.4, 0.5) is 13.2 Å². The molecular formula is C8H14F3N. The van der Waals surface area contributed by atoms with Crippen LogP contribution in [0.2, 0.25) is 0 Å². The Bertz CT molecular complexity index is 149. The third kappa shape index (κ3) is 1.58. The first-order valence-electron chi connectivity index (χ1n) is 4.33. The molecule has 1 N–H and O–H groups in total. The van der Waals surface area contributed by atoms with E-state index in [0.29, 0.717) is 13.0 Å². The van der Waals surface area contributed by atoms with Gasteiger partial charge in [0, 0.05) is 0 Å². The van der Waals surface area contributed by atoms with Crippen LogP contribution in [0.5, 0.6) is 0 Å². The van der Waals surface area contributed by atoms with E-state index in [-0.39, 0.29) is 12.8 Å². The first-order valence-corrected chi connectivity index (χ1v) is 4.33. The smallest absolute Gasteiger partial charge is 0.304 e. The Balaban J connectivity index is 2.51. The summed E-state index contributed by atoms with van der Waals surface area (Å²) in [7, 11) is 0. The molecule has 0 aromatic rings. The number of rotatable bonds is 3. The lowest BCUT2D eigenvalue weighted by atomic mass is 9.76. The molecule has 72 valence electrons. The molecule has 0 saturated heterocycles. The zero-order valence-corrected chi connectivity index (χ0v) is 7.17. The van der Waals surface area contributed by atoms with Gasteiger partial charge in [-0.2, -0.15) is 13.2 Å². The molecule has 0 heterocycles. The molecule has 1 saturated carbocycles. The highest BCUT2D eigenvalue weighted by Gasteiger charge is 2.57. The molecule has 1 aliphatic carbocycles. The van der Waals surface area contributed by atoms with Gasteiger partial charge in [-0.1, -0.05) is 6.92 Å². The van der Waals surface area contributed by atoms with E-state index in [2.05, 4.69) is 5.32 Å². The highest BCUT2D eigenvalue weighted by molar-refractivity contribution is 5.01. The van der Waals surface area contributed by atoms with Gasteiger partial charge in [-0.3, -0.25) is 0 Å². The van der Waals surface area contributed by atoms with Crippen LogP contribution in [0.25, 0.3) is 0 Å². The van der Waals surface area contributed by atoms with Crippen LogP contribution in [0.15, 0.2) is 0 Å². The van der Waals surface area contributed by atoms with Gasteiger partial charge in [-0.25, -0.2) is 0 Å². The Morgan fingerprint density at radius 1 is 1.33 bits per heavy atom. The van der Waals surface area contributed by atoms with E-state index in [1.54, 1.807) is 0 Å². The van der Waals surface area contributed by atoms with Gasteiger partial charge < -0.3 is 5.32 Å². The van der Waals surface area contributed by atoms with Gasteiger partial charge in [0.15, 0.2) is 0 Å². The lowest BCUT2D eigenvalue weighted by Gasteiger charge is -2.43. The van der Waals surface area contributed by atoms with Gasteiger partial charge in [0.1, 0.15) is 5.54 Å². The fraction of sp³-hybridized carbons (Fsp3) is 1.00. The monoisotopic (exact) mass is 181 g/mol. The van der Waals surface area contributed by atoms with E-state index in [0.717, 1.165) is 6.42 Å². The lowest BCUT2D eigenvalue weighted by Crippen LogP contribution is -2.61. The Morgan fingerprint density at radius 3 is 2.17 bits per heavy atom. The average Bonchev–Trinajstić information content (AvgIpc) is 1.82. The molecule has 1 aliphatic rings. The quantitative estimate of drug-likeness (QED) is 0.705. The van der Waals surface area contributed by atoms with E-state index < -0.39 is 11.7 Å². The summed E-state index contributed by atoms with van der Waals surface area (Å²) in [5, 5.41) is 2.60. The predicted molar refractivity (Wildman–Crippen MR) is 40.9 cm³/mol.